The average Bonchev–Trinajstić information content (AvgIpc) is 3.49. The Morgan fingerprint density at radius 3 is 2.52 bits per heavy atom. The summed E-state index contributed by atoms with van der Waals surface area (Å²) in [5.41, 5.74) is 0.709. The van der Waals surface area contributed by atoms with E-state index >= 15 is 0 Å². The molecule has 2 heterocycles. The van der Waals surface area contributed by atoms with E-state index in [0.717, 1.165) is 25.9 Å². The molecule has 0 aliphatic carbocycles. The number of nitrogens with zero attached hydrogens (tertiary/aromatic N) is 3. The minimum absolute atomic E-state index is 0.0179. The highest BCUT2D eigenvalue weighted by Crippen LogP contribution is 2.32. The highest BCUT2D eigenvalue weighted by Gasteiger charge is 2.29. The Hall–Kier alpha value is -4.21. The zero-order chi connectivity index (χ0) is 23.4. The first-order valence-electron chi connectivity index (χ1n) is 10.5. The molecule has 3 aromatic rings. The third-order valence-electron chi connectivity index (χ3n) is 5.30. The number of hydrogen-bond acceptors (Lipinski definition) is 8. The van der Waals surface area contributed by atoms with Crippen molar-refractivity contribution in [3.05, 3.63) is 81.6 Å². The number of aryl methyl sites for hydroxylation is 1. The number of benzene rings is 2. The minimum atomic E-state index is -1.30. The molecule has 1 fully saturated rings. The van der Waals surface area contributed by atoms with E-state index < -0.39 is 22.9 Å². The monoisotopic (exact) mass is 450 g/mol. The van der Waals surface area contributed by atoms with E-state index in [2.05, 4.69) is 10.5 Å². The number of esters is 1. The van der Waals surface area contributed by atoms with Gasteiger partial charge in [0, 0.05) is 30.8 Å². The van der Waals surface area contributed by atoms with Gasteiger partial charge in [0.15, 0.2) is 5.82 Å². The second kappa shape index (κ2) is 9.51. The first kappa shape index (κ1) is 22.0. The van der Waals surface area contributed by atoms with Gasteiger partial charge in [-0.25, -0.2) is 4.79 Å². The van der Waals surface area contributed by atoms with Crippen LogP contribution in [-0.4, -0.2) is 35.0 Å². The molecule has 2 aromatic carbocycles. The molecule has 10 nitrogen and oxygen atoms in total. The van der Waals surface area contributed by atoms with E-state index in [0.29, 0.717) is 17.0 Å². The predicted octanol–water partition coefficient (Wildman–Crippen LogP) is 4.03. The molecule has 1 aromatic heterocycles. The van der Waals surface area contributed by atoms with Gasteiger partial charge in [-0.15, -0.1) is 0 Å². The SMILES string of the molecule is Cc1cc(NC(=O)[C@@H](OC(=O)c2ccc(N3CCCC3)c([N+](=O)[O-])c2)c2ccccc2)no1. The van der Waals surface area contributed by atoms with Crippen molar-refractivity contribution in [2.45, 2.75) is 25.9 Å². The second-order valence-corrected chi connectivity index (χ2v) is 7.66. The quantitative estimate of drug-likeness (QED) is 0.325. The van der Waals surface area contributed by atoms with Crippen LogP contribution in [0.15, 0.2) is 59.1 Å². The van der Waals surface area contributed by atoms with Crippen LogP contribution >= 0.6 is 0 Å². The molecule has 1 aliphatic heterocycles. The molecule has 170 valence electrons. The number of nitro benzene ring substituents is 1. The van der Waals surface area contributed by atoms with Crippen LogP contribution in [0.25, 0.3) is 0 Å². The maximum absolute atomic E-state index is 12.9. The molecule has 1 N–H and O–H groups in total. The number of rotatable bonds is 7. The van der Waals surface area contributed by atoms with Gasteiger partial charge in [-0.05, 0) is 31.9 Å². The third kappa shape index (κ3) is 5.00. The van der Waals surface area contributed by atoms with E-state index in [1.807, 2.05) is 4.90 Å². The van der Waals surface area contributed by atoms with Crippen LogP contribution in [0.1, 0.15) is 40.6 Å². The Morgan fingerprint density at radius 2 is 1.88 bits per heavy atom. The van der Waals surface area contributed by atoms with Crippen molar-refractivity contribution < 1.29 is 23.8 Å². The highest BCUT2D eigenvalue weighted by molar-refractivity contribution is 5.98. The topological polar surface area (TPSA) is 128 Å². The summed E-state index contributed by atoms with van der Waals surface area (Å²) in [6, 6.07) is 14.2. The number of aromatic nitrogens is 1. The number of carbonyl (C=O) groups excluding carboxylic acids is 2. The number of nitrogens with one attached hydrogen (secondary N) is 1. The summed E-state index contributed by atoms with van der Waals surface area (Å²) in [6.45, 7) is 3.13. The van der Waals surface area contributed by atoms with Crippen LogP contribution in [0, 0.1) is 17.0 Å². The minimum Gasteiger partial charge on any atom is -0.444 e. The van der Waals surface area contributed by atoms with E-state index in [1.54, 1.807) is 43.3 Å². The van der Waals surface area contributed by atoms with Crippen LogP contribution < -0.4 is 10.2 Å². The molecule has 33 heavy (non-hydrogen) atoms. The number of hydrogen-bond donors (Lipinski definition) is 1. The van der Waals surface area contributed by atoms with E-state index in [9.17, 15) is 19.7 Å². The molecular formula is C23H22N4O6. The summed E-state index contributed by atoms with van der Waals surface area (Å²) < 4.78 is 10.5. The fraction of sp³-hybridized carbons (Fsp3) is 0.261. The van der Waals surface area contributed by atoms with Crippen LogP contribution in [0.5, 0.6) is 0 Å². The maximum atomic E-state index is 12.9. The Labute approximate surface area is 189 Å². The summed E-state index contributed by atoms with van der Waals surface area (Å²) in [7, 11) is 0. The van der Waals surface area contributed by atoms with E-state index in [1.165, 1.54) is 18.2 Å². The second-order valence-electron chi connectivity index (χ2n) is 7.66. The van der Waals surface area contributed by atoms with Crippen molar-refractivity contribution in [3.8, 4) is 0 Å². The van der Waals surface area contributed by atoms with Crippen LogP contribution in [0.4, 0.5) is 17.2 Å². The van der Waals surface area contributed by atoms with Crippen LogP contribution in [0.2, 0.25) is 0 Å². The van der Waals surface area contributed by atoms with Gasteiger partial charge in [0.1, 0.15) is 11.4 Å². The van der Waals surface area contributed by atoms with Crippen LogP contribution in [0.3, 0.4) is 0 Å². The van der Waals surface area contributed by atoms with Crippen molar-refractivity contribution in [2.24, 2.45) is 0 Å². The maximum Gasteiger partial charge on any atom is 0.339 e. The first-order valence-corrected chi connectivity index (χ1v) is 10.5. The highest BCUT2D eigenvalue weighted by atomic mass is 16.6. The van der Waals surface area contributed by atoms with Crippen molar-refractivity contribution in [3.63, 3.8) is 0 Å². The van der Waals surface area contributed by atoms with Crippen molar-refractivity contribution >= 4 is 29.1 Å². The predicted molar refractivity (Wildman–Crippen MR) is 119 cm³/mol. The fourth-order valence-electron chi connectivity index (χ4n) is 3.72. The lowest BCUT2D eigenvalue weighted by molar-refractivity contribution is -0.384. The van der Waals surface area contributed by atoms with Gasteiger partial charge < -0.3 is 19.5 Å². The lowest BCUT2D eigenvalue weighted by atomic mass is 10.1. The number of carbonyl (C=O) groups is 2. The van der Waals surface area contributed by atoms with Crippen LogP contribution in [-0.2, 0) is 9.53 Å². The van der Waals surface area contributed by atoms with E-state index in [-0.39, 0.29) is 17.1 Å². The molecule has 0 spiro atoms. The Kier molecular flexibility index (Phi) is 6.34. The molecule has 1 amide bonds. The smallest absolute Gasteiger partial charge is 0.339 e. The largest absolute Gasteiger partial charge is 0.444 e. The molecule has 0 radical (unpaired) electrons. The molecule has 1 atom stereocenters. The molecule has 4 rings (SSSR count). The number of anilines is 2. The van der Waals surface area contributed by atoms with Gasteiger partial charge in [-0.2, -0.15) is 0 Å². The van der Waals surface area contributed by atoms with Gasteiger partial charge in [-0.1, -0.05) is 35.5 Å². The summed E-state index contributed by atoms with van der Waals surface area (Å²) in [4.78, 5) is 38.9. The number of amides is 1. The molecule has 1 saturated heterocycles. The average molecular weight is 450 g/mol. The molecule has 10 heteroatoms. The lowest BCUT2D eigenvalue weighted by Crippen LogP contribution is -2.26. The third-order valence-corrected chi connectivity index (χ3v) is 5.30. The van der Waals surface area contributed by atoms with E-state index in [4.69, 9.17) is 9.26 Å². The summed E-state index contributed by atoms with van der Waals surface area (Å²) in [6.07, 6.45) is 0.618. The van der Waals surface area contributed by atoms with Gasteiger partial charge >= 0.3 is 5.97 Å². The number of nitro groups is 1. The first-order chi connectivity index (χ1) is 15.9. The van der Waals surface area contributed by atoms with Gasteiger partial charge in [0.05, 0.1) is 10.5 Å². The molecule has 0 saturated carbocycles. The van der Waals surface area contributed by atoms with Gasteiger partial charge in [0.25, 0.3) is 11.6 Å². The van der Waals surface area contributed by atoms with Crippen molar-refractivity contribution in [1.29, 1.82) is 0 Å². The Balaban J connectivity index is 1.59. The van der Waals surface area contributed by atoms with Gasteiger partial charge in [0.2, 0.25) is 6.10 Å². The Morgan fingerprint density at radius 1 is 1.15 bits per heavy atom. The lowest BCUT2D eigenvalue weighted by Gasteiger charge is -2.19. The van der Waals surface area contributed by atoms with Crippen molar-refractivity contribution in [2.75, 3.05) is 23.3 Å². The molecule has 1 aliphatic rings. The normalized spacial score (nSPS) is 14.0. The summed E-state index contributed by atoms with van der Waals surface area (Å²) in [5, 5.41) is 17.9. The summed E-state index contributed by atoms with van der Waals surface area (Å²) in [5.74, 6) is -0.804. The molecule has 0 bridgehead atoms. The molecule has 0 unspecified atom stereocenters. The fourth-order valence-corrected chi connectivity index (χ4v) is 3.72. The Bertz CT molecular complexity index is 1170. The zero-order valence-electron chi connectivity index (χ0n) is 17.9. The number of ether oxygens (including phenoxy) is 1. The summed E-state index contributed by atoms with van der Waals surface area (Å²) >= 11 is 0. The molecular weight excluding hydrogens is 428 g/mol. The van der Waals surface area contributed by atoms with Crippen molar-refractivity contribution in [1.82, 2.24) is 5.16 Å². The van der Waals surface area contributed by atoms with Gasteiger partial charge in [-0.3, -0.25) is 14.9 Å². The standard InChI is InChI=1S/C23H22N4O6/c1-15-13-20(25-33-15)24-22(28)21(16-7-3-2-4-8-16)32-23(29)17-9-10-18(19(14-17)27(30)31)26-11-5-6-12-26/h2-4,7-10,13-14,21H,5-6,11-12H2,1H3,(H,24,25,28)/t21-/m0/s1. The zero-order valence-corrected chi connectivity index (χ0v) is 17.9.